The molecule has 4 nitrogen and oxygen atoms in total. The Morgan fingerprint density at radius 1 is 1.42 bits per heavy atom. The van der Waals surface area contributed by atoms with E-state index in [2.05, 4.69) is 13.8 Å². The Morgan fingerprint density at radius 3 is 2.42 bits per heavy atom. The summed E-state index contributed by atoms with van der Waals surface area (Å²) in [4.78, 5) is 14.2. The molecule has 0 aromatic heterocycles. The van der Waals surface area contributed by atoms with E-state index in [-0.39, 0.29) is 12.1 Å². The van der Waals surface area contributed by atoms with Crippen LogP contribution in [0.1, 0.15) is 53.9 Å². The van der Waals surface area contributed by atoms with Gasteiger partial charge in [0, 0.05) is 19.1 Å². The summed E-state index contributed by atoms with van der Waals surface area (Å²) in [6.45, 7) is 11.6. The van der Waals surface area contributed by atoms with Crippen LogP contribution in [0.4, 0.5) is 4.79 Å². The third-order valence-corrected chi connectivity index (χ3v) is 4.86. The van der Waals surface area contributed by atoms with E-state index in [1.807, 2.05) is 25.7 Å². The van der Waals surface area contributed by atoms with Crippen LogP contribution in [0.25, 0.3) is 0 Å². The molecule has 0 aromatic carbocycles. The summed E-state index contributed by atoms with van der Waals surface area (Å²) >= 11 is 0. The third-order valence-electron chi connectivity index (χ3n) is 4.86. The van der Waals surface area contributed by atoms with Gasteiger partial charge in [0.15, 0.2) is 0 Å². The molecular formula is C15H28N2O2. The monoisotopic (exact) mass is 268 g/mol. The van der Waals surface area contributed by atoms with Gasteiger partial charge in [0.25, 0.3) is 0 Å². The van der Waals surface area contributed by atoms with Crippen molar-refractivity contribution in [2.24, 2.45) is 16.6 Å². The molecule has 19 heavy (non-hydrogen) atoms. The van der Waals surface area contributed by atoms with Crippen LogP contribution in [-0.2, 0) is 4.74 Å². The van der Waals surface area contributed by atoms with E-state index in [0.717, 1.165) is 13.0 Å². The van der Waals surface area contributed by atoms with E-state index in [9.17, 15) is 4.79 Å². The maximum Gasteiger partial charge on any atom is 0.410 e. The highest BCUT2D eigenvalue weighted by molar-refractivity contribution is 5.69. The first-order chi connectivity index (χ1) is 8.60. The summed E-state index contributed by atoms with van der Waals surface area (Å²) in [5.74, 6) is 0. The summed E-state index contributed by atoms with van der Waals surface area (Å²) in [7, 11) is 0. The molecule has 2 fully saturated rings. The van der Waals surface area contributed by atoms with Crippen LogP contribution in [0.15, 0.2) is 0 Å². The van der Waals surface area contributed by atoms with Crippen molar-refractivity contribution in [1.29, 1.82) is 0 Å². The Bertz CT molecular complexity index is 373. The van der Waals surface area contributed by atoms with Gasteiger partial charge in [-0.1, -0.05) is 13.8 Å². The van der Waals surface area contributed by atoms with Crippen molar-refractivity contribution in [3.8, 4) is 0 Å². The number of amides is 1. The molecule has 1 saturated carbocycles. The van der Waals surface area contributed by atoms with Crippen molar-refractivity contribution in [2.75, 3.05) is 13.1 Å². The molecule has 0 unspecified atom stereocenters. The molecule has 1 amide bonds. The SMILES string of the molecule is CC(C)(C)OC(=O)N1C[C@]2(CC[C@H]1CN)CC2(C)C. The molecule has 2 aliphatic rings. The number of ether oxygens (including phenoxy) is 1. The van der Waals surface area contributed by atoms with Crippen molar-refractivity contribution in [1.82, 2.24) is 4.90 Å². The van der Waals surface area contributed by atoms with Crippen molar-refractivity contribution < 1.29 is 9.53 Å². The maximum absolute atomic E-state index is 12.4. The highest BCUT2D eigenvalue weighted by Gasteiger charge is 2.63. The summed E-state index contributed by atoms with van der Waals surface area (Å²) in [5.41, 5.74) is 6.03. The van der Waals surface area contributed by atoms with E-state index in [1.165, 1.54) is 12.8 Å². The second-order valence-corrected chi connectivity index (χ2v) is 7.88. The van der Waals surface area contributed by atoms with Gasteiger partial charge < -0.3 is 15.4 Å². The van der Waals surface area contributed by atoms with Crippen LogP contribution < -0.4 is 5.73 Å². The predicted molar refractivity (Wildman–Crippen MR) is 75.8 cm³/mol. The Morgan fingerprint density at radius 2 is 2.00 bits per heavy atom. The van der Waals surface area contributed by atoms with Crippen molar-refractivity contribution in [2.45, 2.75) is 65.5 Å². The summed E-state index contributed by atoms with van der Waals surface area (Å²) in [5, 5.41) is 0. The number of hydrogen-bond acceptors (Lipinski definition) is 3. The molecule has 0 aromatic rings. The highest BCUT2D eigenvalue weighted by Crippen LogP contribution is 2.67. The minimum absolute atomic E-state index is 0.136. The van der Waals surface area contributed by atoms with Gasteiger partial charge in [-0.3, -0.25) is 0 Å². The van der Waals surface area contributed by atoms with E-state index in [4.69, 9.17) is 10.5 Å². The van der Waals surface area contributed by atoms with E-state index >= 15 is 0 Å². The lowest BCUT2D eigenvalue weighted by Gasteiger charge is -2.41. The maximum atomic E-state index is 12.4. The fraction of sp³-hybridized carbons (Fsp3) is 0.933. The first kappa shape index (κ1) is 14.6. The quantitative estimate of drug-likeness (QED) is 0.795. The first-order valence-electron chi connectivity index (χ1n) is 7.30. The van der Waals surface area contributed by atoms with Gasteiger partial charge in [0.1, 0.15) is 5.60 Å². The number of rotatable bonds is 1. The molecular weight excluding hydrogens is 240 g/mol. The van der Waals surface area contributed by atoms with Gasteiger partial charge in [-0.15, -0.1) is 0 Å². The van der Waals surface area contributed by atoms with Crippen LogP contribution in [0.5, 0.6) is 0 Å². The zero-order valence-electron chi connectivity index (χ0n) is 13.0. The Kier molecular flexibility index (Phi) is 3.37. The van der Waals surface area contributed by atoms with E-state index in [1.54, 1.807) is 0 Å². The zero-order chi connectivity index (χ0) is 14.5. The normalized spacial score (nSPS) is 33.4. The molecule has 1 spiro atoms. The number of nitrogens with two attached hydrogens (primary N) is 1. The molecule has 0 radical (unpaired) electrons. The molecule has 1 heterocycles. The van der Waals surface area contributed by atoms with Gasteiger partial charge in [0.05, 0.1) is 0 Å². The van der Waals surface area contributed by atoms with E-state index in [0.29, 0.717) is 17.4 Å². The second kappa shape index (κ2) is 4.37. The molecule has 1 aliphatic carbocycles. The number of nitrogens with zero attached hydrogens (tertiary/aromatic N) is 1. The number of carbonyl (C=O) groups excluding carboxylic acids is 1. The molecule has 4 heteroatoms. The van der Waals surface area contributed by atoms with Gasteiger partial charge in [-0.25, -0.2) is 4.79 Å². The van der Waals surface area contributed by atoms with Crippen LogP contribution in [0, 0.1) is 10.8 Å². The molecule has 1 aliphatic heterocycles. The van der Waals surface area contributed by atoms with Crippen molar-refractivity contribution >= 4 is 6.09 Å². The van der Waals surface area contributed by atoms with Crippen molar-refractivity contribution in [3.05, 3.63) is 0 Å². The molecule has 0 bridgehead atoms. The third kappa shape index (κ3) is 2.73. The average Bonchev–Trinajstić information content (AvgIpc) is 2.77. The topological polar surface area (TPSA) is 55.6 Å². The standard InChI is InChI=1S/C15H28N2O2/c1-13(2,3)19-12(18)17-10-15(9-14(15,4)5)7-6-11(17)8-16/h11H,6-10,16H2,1-5H3/t11-,15-/m0/s1. The number of carbonyl (C=O) groups is 1. The smallest absolute Gasteiger partial charge is 0.410 e. The van der Waals surface area contributed by atoms with Crippen molar-refractivity contribution in [3.63, 3.8) is 0 Å². The molecule has 1 saturated heterocycles. The average molecular weight is 268 g/mol. The van der Waals surface area contributed by atoms with Gasteiger partial charge >= 0.3 is 6.09 Å². The molecule has 110 valence electrons. The Balaban J connectivity index is 2.09. The number of likely N-dealkylation sites (tertiary alicyclic amines) is 1. The lowest BCUT2D eigenvalue weighted by Crippen LogP contribution is -2.52. The fourth-order valence-electron chi connectivity index (χ4n) is 3.41. The zero-order valence-corrected chi connectivity index (χ0v) is 13.0. The minimum atomic E-state index is -0.445. The molecule has 2 rings (SSSR count). The second-order valence-electron chi connectivity index (χ2n) is 7.88. The first-order valence-corrected chi connectivity index (χ1v) is 7.30. The Labute approximate surface area is 116 Å². The molecule has 2 atom stereocenters. The summed E-state index contributed by atoms with van der Waals surface area (Å²) < 4.78 is 5.53. The van der Waals surface area contributed by atoms with Gasteiger partial charge in [0.2, 0.25) is 0 Å². The van der Waals surface area contributed by atoms with Gasteiger partial charge in [-0.05, 0) is 50.9 Å². The lowest BCUT2D eigenvalue weighted by atomic mass is 9.84. The fourth-order valence-corrected chi connectivity index (χ4v) is 3.41. The highest BCUT2D eigenvalue weighted by atomic mass is 16.6. The lowest BCUT2D eigenvalue weighted by molar-refractivity contribution is -0.00170. The summed E-state index contributed by atoms with van der Waals surface area (Å²) in [6.07, 6.45) is 3.18. The molecule has 2 N–H and O–H groups in total. The van der Waals surface area contributed by atoms with Gasteiger partial charge in [-0.2, -0.15) is 0 Å². The number of hydrogen-bond donors (Lipinski definition) is 1. The summed E-state index contributed by atoms with van der Waals surface area (Å²) in [6, 6.07) is 0.136. The largest absolute Gasteiger partial charge is 0.444 e. The Hall–Kier alpha value is -0.770. The van der Waals surface area contributed by atoms with Crippen LogP contribution in [0.3, 0.4) is 0 Å². The van der Waals surface area contributed by atoms with Crippen LogP contribution in [0.2, 0.25) is 0 Å². The van der Waals surface area contributed by atoms with Crippen LogP contribution in [-0.4, -0.2) is 35.7 Å². The number of piperidine rings is 1. The van der Waals surface area contributed by atoms with Crippen LogP contribution >= 0.6 is 0 Å². The predicted octanol–water partition coefficient (Wildman–Crippen LogP) is 2.76. The van der Waals surface area contributed by atoms with E-state index < -0.39 is 5.60 Å². The minimum Gasteiger partial charge on any atom is -0.444 e.